The zero-order valence-corrected chi connectivity index (χ0v) is 18.8. The number of hydrogen-bond acceptors (Lipinski definition) is 3. The number of hydrogen-bond donors (Lipinski definition) is 2. The Morgan fingerprint density at radius 2 is 1.90 bits per heavy atom. The van der Waals surface area contributed by atoms with E-state index < -0.39 is 0 Å². The van der Waals surface area contributed by atoms with Gasteiger partial charge in [-0.2, -0.15) is 0 Å². The molecule has 0 bridgehead atoms. The van der Waals surface area contributed by atoms with E-state index in [1.165, 1.54) is 26.6 Å². The fourth-order valence-electron chi connectivity index (χ4n) is 4.10. The van der Waals surface area contributed by atoms with Gasteiger partial charge in [0, 0.05) is 41.6 Å². The number of nitrogens with one attached hydrogen (secondary N) is 2. The molecule has 3 heterocycles. The monoisotopic (exact) mass is 422 g/mol. The summed E-state index contributed by atoms with van der Waals surface area (Å²) in [7, 11) is 0. The summed E-state index contributed by atoms with van der Waals surface area (Å²) in [6.07, 6.45) is 6.19. The third-order valence-corrected chi connectivity index (χ3v) is 7.09. The number of carbonyl (C=O) groups excluding carboxylic acids is 1. The van der Waals surface area contributed by atoms with E-state index in [2.05, 4.69) is 65.4 Å². The highest BCUT2D eigenvalue weighted by Gasteiger charge is 2.27. The lowest BCUT2D eigenvalue weighted by Gasteiger charge is -2.26. The Hall–Kier alpha value is -2.57. The molecule has 0 spiro atoms. The molecule has 2 aromatic heterocycles. The van der Waals surface area contributed by atoms with E-state index in [-0.39, 0.29) is 12.1 Å². The summed E-state index contributed by atoms with van der Waals surface area (Å²) in [6, 6.07) is 11.9. The lowest BCUT2D eigenvalue weighted by atomic mass is 9.98. The first-order valence-electron chi connectivity index (χ1n) is 10.8. The number of nitrogens with zero attached hydrogens (tertiary/aromatic N) is 2. The molecule has 5 nitrogen and oxygen atoms in total. The van der Waals surface area contributed by atoms with E-state index in [0.717, 1.165) is 38.2 Å². The standard InChI is InChI=1S/C24H30N4OS/c1-4-18-8-10-19(11-9-18)26-24(29)25-17(3)22-20-12-15-27(5-2)16-21(20)30-23(22)28-13-6-7-14-28/h6-11,13-14,17H,4-5,12,15-16H2,1-3H3,(H2,25,26,29). The first-order chi connectivity index (χ1) is 14.6. The molecule has 30 heavy (non-hydrogen) atoms. The number of anilines is 1. The molecule has 2 amide bonds. The van der Waals surface area contributed by atoms with Gasteiger partial charge in [-0.3, -0.25) is 4.90 Å². The van der Waals surface area contributed by atoms with Gasteiger partial charge >= 0.3 is 6.03 Å². The topological polar surface area (TPSA) is 49.3 Å². The van der Waals surface area contributed by atoms with E-state index in [0.29, 0.717) is 0 Å². The number of aryl methyl sites for hydroxylation is 1. The molecule has 1 aromatic carbocycles. The summed E-state index contributed by atoms with van der Waals surface area (Å²) in [5.74, 6) is 0. The molecular weight excluding hydrogens is 392 g/mol. The average molecular weight is 423 g/mol. The second kappa shape index (κ2) is 9.06. The quantitative estimate of drug-likeness (QED) is 0.562. The summed E-state index contributed by atoms with van der Waals surface area (Å²) in [5.41, 5.74) is 4.73. The van der Waals surface area contributed by atoms with Gasteiger partial charge in [-0.1, -0.05) is 26.0 Å². The van der Waals surface area contributed by atoms with Crippen molar-refractivity contribution in [2.45, 2.75) is 46.2 Å². The highest BCUT2D eigenvalue weighted by Crippen LogP contribution is 2.39. The molecule has 0 radical (unpaired) electrons. The predicted octanol–water partition coefficient (Wildman–Crippen LogP) is 5.36. The highest BCUT2D eigenvalue weighted by molar-refractivity contribution is 7.15. The van der Waals surface area contributed by atoms with Crippen molar-refractivity contribution < 1.29 is 4.79 Å². The van der Waals surface area contributed by atoms with Crippen molar-refractivity contribution in [3.8, 4) is 5.00 Å². The lowest BCUT2D eigenvalue weighted by molar-refractivity contribution is 0.249. The number of amides is 2. The Morgan fingerprint density at radius 3 is 2.57 bits per heavy atom. The molecule has 0 fully saturated rings. The summed E-state index contributed by atoms with van der Waals surface area (Å²) < 4.78 is 2.17. The van der Waals surface area contributed by atoms with E-state index in [9.17, 15) is 4.79 Å². The maximum absolute atomic E-state index is 12.7. The van der Waals surface area contributed by atoms with Crippen LogP contribution in [0.4, 0.5) is 10.5 Å². The number of urea groups is 1. The third-order valence-electron chi connectivity index (χ3n) is 5.84. The minimum absolute atomic E-state index is 0.0782. The molecule has 0 saturated carbocycles. The molecule has 3 aromatic rings. The van der Waals surface area contributed by atoms with Crippen LogP contribution in [0.25, 0.3) is 5.00 Å². The molecule has 1 aliphatic heterocycles. The molecule has 2 N–H and O–H groups in total. The highest BCUT2D eigenvalue weighted by atomic mass is 32.1. The van der Waals surface area contributed by atoms with Crippen LogP contribution in [0.2, 0.25) is 0 Å². The van der Waals surface area contributed by atoms with Gasteiger partial charge in [-0.05, 0) is 61.7 Å². The molecule has 6 heteroatoms. The molecule has 4 rings (SSSR count). The van der Waals surface area contributed by atoms with E-state index in [1.807, 2.05) is 35.6 Å². The summed E-state index contributed by atoms with van der Waals surface area (Å²) >= 11 is 1.85. The van der Waals surface area contributed by atoms with Crippen molar-refractivity contribution in [2.24, 2.45) is 0 Å². The van der Waals surface area contributed by atoms with Crippen molar-refractivity contribution in [1.29, 1.82) is 0 Å². The van der Waals surface area contributed by atoms with Crippen molar-refractivity contribution >= 4 is 23.1 Å². The minimum atomic E-state index is -0.170. The molecule has 158 valence electrons. The van der Waals surface area contributed by atoms with Gasteiger partial charge < -0.3 is 15.2 Å². The van der Waals surface area contributed by atoms with Crippen LogP contribution < -0.4 is 10.6 Å². The number of fused-ring (bicyclic) bond motifs is 1. The third kappa shape index (κ3) is 4.30. The van der Waals surface area contributed by atoms with Gasteiger partial charge in [0.15, 0.2) is 0 Å². The van der Waals surface area contributed by atoms with E-state index in [1.54, 1.807) is 0 Å². The fourth-order valence-corrected chi connectivity index (χ4v) is 5.56. The Bertz CT molecular complexity index is 991. The van der Waals surface area contributed by atoms with Crippen molar-refractivity contribution in [2.75, 3.05) is 18.4 Å². The SMILES string of the molecule is CCc1ccc(NC(=O)NC(C)c2c(-n3cccc3)sc3c2CCN(CC)C3)cc1. The minimum Gasteiger partial charge on any atom is -0.331 e. The van der Waals surface area contributed by atoms with Crippen LogP contribution in [0.15, 0.2) is 48.8 Å². The summed E-state index contributed by atoms with van der Waals surface area (Å²) in [4.78, 5) is 16.6. The van der Waals surface area contributed by atoms with E-state index >= 15 is 0 Å². The number of likely N-dealkylation sites (N-methyl/N-ethyl adjacent to an activating group) is 1. The largest absolute Gasteiger partial charge is 0.331 e. The molecule has 1 atom stereocenters. The number of benzene rings is 1. The Labute approximate surface area is 182 Å². The van der Waals surface area contributed by atoms with Crippen LogP contribution >= 0.6 is 11.3 Å². The van der Waals surface area contributed by atoms with Crippen LogP contribution in [0.5, 0.6) is 0 Å². The van der Waals surface area contributed by atoms with Gasteiger partial charge in [0.05, 0.1) is 6.04 Å². The van der Waals surface area contributed by atoms with Crippen LogP contribution in [-0.4, -0.2) is 28.6 Å². The zero-order chi connectivity index (χ0) is 21.1. The van der Waals surface area contributed by atoms with Crippen molar-refractivity contribution in [3.63, 3.8) is 0 Å². The van der Waals surface area contributed by atoms with Gasteiger partial charge in [-0.15, -0.1) is 11.3 Å². The van der Waals surface area contributed by atoms with Crippen molar-refractivity contribution in [3.05, 3.63) is 70.4 Å². The fraction of sp³-hybridized carbons (Fsp3) is 0.375. The number of rotatable bonds is 6. The maximum atomic E-state index is 12.7. The average Bonchev–Trinajstić information content (AvgIpc) is 3.41. The molecular formula is C24H30N4OS. The van der Waals surface area contributed by atoms with Crippen LogP contribution in [0.3, 0.4) is 0 Å². The first-order valence-corrected chi connectivity index (χ1v) is 11.6. The smallest absolute Gasteiger partial charge is 0.319 e. The normalized spacial score (nSPS) is 14.9. The van der Waals surface area contributed by atoms with Gasteiger partial charge in [0.1, 0.15) is 5.00 Å². The van der Waals surface area contributed by atoms with Crippen molar-refractivity contribution in [1.82, 2.24) is 14.8 Å². The number of thiophene rings is 1. The van der Waals surface area contributed by atoms with Gasteiger partial charge in [-0.25, -0.2) is 4.79 Å². The molecule has 1 aliphatic rings. The Kier molecular flexibility index (Phi) is 6.25. The number of aromatic nitrogens is 1. The van der Waals surface area contributed by atoms with Crippen LogP contribution in [-0.2, 0) is 19.4 Å². The second-order valence-electron chi connectivity index (χ2n) is 7.80. The van der Waals surface area contributed by atoms with Gasteiger partial charge in [0.2, 0.25) is 0 Å². The first kappa shape index (κ1) is 20.7. The summed E-state index contributed by atoms with van der Waals surface area (Å²) in [5, 5.41) is 7.35. The van der Waals surface area contributed by atoms with Gasteiger partial charge in [0.25, 0.3) is 0 Å². The second-order valence-corrected chi connectivity index (χ2v) is 8.89. The zero-order valence-electron chi connectivity index (χ0n) is 17.9. The molecule has 0 saturated heterocycles. The van der Waals surface area contributed by atoms with Crippen LogP contribution in [0.1, 0.15) is 48.4 Å². The lowest BCUT2D eigenvalue weighted by Crippen LogP contribution is -2.33. The number of carbonyl (C=O) groups is 1. The maximum Gasteiger partial charge on any atom is 0.319 e. The van der Waals surface area contributed by atoms with E-state index in [4.69, 9.17) is 0 Å². The molecule has 1 unspecified atom stereocenters. The Balaban J connectivity index is 1.56. The van der Waals surface area contributed by atoms with Crippen LogP contribution in [0, 0.1) is 0 Å². The summed E-state index contributed by atoms with van der Waals surface area (Å²) in [6.45, 7) is 9.56. The Morgan fingerprint density at radius 1 is 1.17 bits per heavy atom. The molecule has 0 aliphatic carbocycles. The predicted molar refractivity (Wildman–Crippen MR) is 125 cm³/mol.